The Morgan fingerprint density at radius 1 is 0.840 bits per heavy atom. The van der Waals surface area contributed by atoms with Crippen LogP contribution in [0.5, 0.6) is 5.75 Å². The highest BCUT2D eigenvalue weighted by Gasteiger charge is 2.14. The first-order valence-corrected chi connectivity index (χ1v) is 6.73. The maximum atomic E-state index is 11.8. The molecule has 0 spiro atoms. The number of carbonyl (C=O) groups excluding carboxylic acids is 2. The molecule has 0 heterocycles. The summed E-state index contributed by atoms with van der Waals surface area (Å²) in [6.07, 6.45) is -1.16. The first-order valence-electron chi connectivity index (χ1n) is 6.73. The molecule has 10 heteroatoms. The molecule has 2 aromatic rings. The zero-order chi connectivity index (χ0) is 18.4. The number of hydrogen-bond acceptors (Lipinski definition) is 8. The maximum Gasteiger partial charge on any atom is 0.514 e. The van der Waals surface area contributed by atoms with E-state index in [0.29, 0.717) is 0 Å². The van der Waals surface area contributed by atoms with Gasteiger partial charge in [-0.2, -0.15) is 0 Å². The molecular weight excluding hydrogens is 336 g/mol. The molecule has 0 bridgehead atoms. The van der Waals surface area contributed by atoms with Gasteiger partial charge >= 0.3 is 6.16 Å². The molecule has 0 aliphatic heterocycles. The smallest absolute Gasteiger partial charge is 0.426 e. The number of ether oxygens (including phenoxy) is 2. The average molecular weight is 346 g/mol. The van der Waals surface area contributed by atoms with Gasteiger partial charge in [0, 0.05) is 29.8 Å². The third-order valence-electron chi connectivity index (χ3n) is 2.97. The highest BCUT2D eigenvalue weighted by Crippen LogP contribution is 2.18. The molecule has 0 aliphatic rings. The summed E-state index contributed by atoms with van der Waals surface area (Å²) in [4.78, 5) is 43.1. The quantitative estimate of drug-likeness (QED) is 0.256. The second kappa shape index (κ2) is 7.64. The summed E-state index contributed by atoms with van der Waals surface area (Å²) >= 11 is 0. The van der Waals surface area contributed by atoms with Crippen molar-refractivity contribution in [3.8, 4) is 5.75 Å². The minimum absolute atomic E-state index is 0.0124. The van der Waals surface area contributed by atoms with E-state index in [-0.39, 0.29) is 22.7 Å². The molecular formula is C15H10N2O8. The number of nitrogens with zero attached hydrogens (tertiary/aromatic N) is 2. The van der Waals surface area contributed by atoms with Crippen LogP contribution < -0.4 is 4.74 Å². The minimum Gasteiger partial charge on any atom is -0.426 e. The van der Waals surface area contributed by atoms with E-state index < -0.39 is 28.4 Å². The molecule has 2 rings (SSSR count). The first-order chi connectivity index (χ1) is 11.9. The summed E-state index contributed by atoms with van der Waals surface area (Å²) in [5.41, 5.74) is -0.210. The van der Waals surface area contributed by atoms with Crippen molar-refractivity contribution >= 4 is 23.3 Å². The van der Waals surface area contributed by atoms with Crippen LogP contribution in [-0.2, 0) is 4.74 Å². The lowest BCUT2D eigenvalue weighted by atomic mass is 10.1. The van der Waals surface area contributed by atoms with Crippen LogP contribution in [0.15, 0.2) is 48.5 Å². The monoisotopic (exact) mass is 346 g/mol. The summed E-state index contributed by atoms with van der Waals surface area (Å²) in [6, 6.07) is 9.49. The molecule has 0 aliphatic carbocycles. The number of carbonyl (C=O) groups is 2. The van der Waals surface area contributed by atoms with Crippen LogP contribution >= 0.6 is 0 Å². The maximum absolute atomic E-state index is 11.8. The van der Waals surface area contributed by atoms with Gasteiger partial charge in [-0.1, -0.05) is 0 Å². The zero-order valence-corrected chi connectivity index (χ0v) is 12.5. The number of Topliss-reactive ketones (excluding diaryl/α,β-unsaturated/α-hetero) is 1. The van der Waals surface area contributed by atoms with E-state index in [2.05, 4.69) is 4.74 Å². The number of hydrogen-bond donors (Lipinski definition) is 0. The van der Waals surface area contributed by atoms with E-state index in [1.165, 1.54) is 24.3 Å². The van der Waals surface area contributed by atoms with Gasteiger partial charge in [0.2, 0.25) is 0 Å². The molecule has 10 nitrogen and oxygen atoms in total. The Bertz CT molecular complexity index is 814. The molecule has 0 aromatic heterocycles. The van der Waals surface area contributed by atoms with Gasteiger partial charge in [0.1, 0.15) is 5.75 Å². The van der Waals surface area contributed by atoms with E-state index >= 15 is 0 Å². The second-order valence-electron chi connectivity index (χ2n) is 4.62. The van der Waals surface area contributed by atoms with Crippen molar-refractivity contribution < 1.29 is 28.9 Å². The molecule has 0 atom stereocenters. The fraction of sp³-hybridized carbons (Fsp3) is 0.0667. The Hall–Kier alpha value is -3.82. The van der Waals surface area contributed by atoms with Gasteiger partial charge < -0.3 is 9.47 Å². The Morgan fingerprint density at radius 2 is 1.32 bits per heavy atom. The third-order valence-corrected chi connectivity index (χ3v) is 2.97. The van der Waals surface area contributed by atoms with Crippen molar-refractivity contribution in [2.75, 3.05) is 6.61 Å². The second-order valence-corrected chi connectivity index (χ2v) is 4.62. The summed E-state index contributed by atoms with van der Waals surface area (Å²) in [5.74, 6) is -0.561. The normalized spacial score (nSPS) is 9.92. The van der Waals surface area contributed by atoms with Crippen molar-refractivity contribution in [1.29, 1.82) is 0 Å². The van der Waals surface area contributed by atoms with Crippen LogP contribution in [-0.4, -0.2) is 28.4 Å². The summed E-state index contributed by atoms with van der Waals surface area (Å²) in [5, 5.41) is 21.0. The van der Waals surface area contributed by atoms with Crippen LogP contribution in [0, 0.1) is 20.2 Å². The van der Waals surface area contributed by atoms with Gasteiger partial charge in [0.05, 0.1) is 9.85 Å². The number of nitro benzene ring substituents is 2. The Balaban J connectivity index is 1.87. The standard InChI is InChI=1S/C15H10N2O8/c18-14(10-1-3-11(4-2-10)16(20)21)9-24-15(19)25-13-7-5-12(6-8-13)17(22)23/h1-8H,9H2. The van der Waals surface area contributed by atoms with Gasteiger partial charge in [-0.05, 0) is 24.3 Å². The lowest BCUT2D eigenvalue weighted by Crippen LogP contribution is -2.17. The number of benzene rings is 2. The third kappa shape index (κ3) is 4.82. The van der Waals surface area contributed by atoms with Crippen LogP contribution in [0.1, 0.15) is 10.4 Å². The molecule has 0 unspecified atom stereocenters. The molecule has 128 valence electrons. The molecule has 0 amide bonds. The van der Waals surface area contributed by atoms with Crippen LogP contribution in [0.4, 0.5) is 16.2 Å². The van der Waals surface area contributed by atoms with Crippen molar-refractivity contribution in [3.63, 3.8) is 0 Å². The van der Waals surface area contributed by atoms with E-state index in [0.717, 1.165) is 24.3 Å². The Morgan fingerprint density at radius 3 is 1.80 bits per heavy atom. The first kappa shape index (κ1) is 17.5. The minimum atomic E-state index is -1.16. The molecule has 0 fully saturated rings. The average Bonchev–Trinajstić information content (AvgIpc) is 2.60. The topological polar surface area (TPSA) is 139 Å². The lowest BCUT2D eigenvalue weighted by molar-refractivity contribution is -0.385. The zero-order valence-electron chi connectivity index (χ0n) is 12.5. The lowest BCUT2D eigenvalue weighted by Gasteiger charge is -2.05. The largest absolute Gasteiger partial charge is 0.514 e. The summed E-state index contributed by atoms with van der Waals surface area (Å²) in [7, 11) is 0. The predicted molar refractivity (Wildman–Crippen MR) is 82.5 cm³/mol. The molecule has 0 saturated heterocycles. The van der Waals surface area contributed by atoms with Gasteiger partial charge in [-0.15, -0.1) is 0 Å². The summed E-state index contributed by atoms with van der Waals surface area (Å²) in [6.45, 7) is -0.621. The van der Waals surface area contributed by atoms with Crippen molar-refractivity contribution in [2.24, 2.45) is 0 Å². The molecule has 25 heavy (non-hydrogen) atoms. The van der Waals surface area contributed by atoms with Gasteiger partial charge in [-0.25, -0.2) is 4.79 Å². The molecule has 0 N–H and O–H groups in total. The van der Waals surface area contributed by atoms with Crippen molar-refractivity contribution in [3.05, 3.63) is 74.3 Å². The number of rotatable bonds is 6. The Labute approximate surface area is 139 Å². The van der Waals surface area contributed by atoms with Crippen LogP contribution in [0.2, 0.25) is 0 Å². The van der Waals surface area contributed by atoms with Crippen molar-refractivity contribution in [1.82, 2.24) is 0 Å². The Kier molecular flexibility index (Phi) is 5.36. The summed E-state index contributed by atoms with van der Waals surface area (Å²) < 4.78 is 9.40. The number of ketones is 1. The van der Waals surface area contributed by atoms with Gasteiger partial charge in [0.25, 0.3) is 11.4 Å². The molecule has 2 aromatic carbocycles. The van der Waals surface area contributed by atoms with Crippen LogP contribution in [0.25, 0.3) is 0 Å². The van der Waals surface area contributed by atoms with Gasteiger partial charge in [-0.3, -0.25) is 25.0 Å². The SMILES string of the molecule is O=C(OCC(=O)c1ccc([N+](=O)[O-])cc1)Oc1ccc([N+](=O)[O-])cc1. The van der Waals surface area contributed by atoms with Crippen LogP contribution in [0.3, 0.4) is 0 Å². The van der Waals surface area contributed by atoms with E-state index in [1.54, 1.807) is 0 Å². The molecule has 0 radical (unpaired) electrons. The molecule has 0 saturated carbocycles. The predicted octanol–water partition coefficient (Wildman–Crippen LogP) is 2.90. The highest BCUT2D eigenvalue weighted by molar-refractivity contribution is 5.97. The van der Waals surface area contributed by atoms with E-state index in [4.69, 9.17) is 4.74 Å². The van der Waals surface area contributed by atoms with Crippen molar-refractivity contribution in [2.45, 2.75) is 0 Å². The fourth-order valence-electron chi connectivity index (χ4n) is 1.74. The van der Waals surface area contributed by atoms with E-state index in [1.807, 2.05) is 0 Å². The fourth-order valence-corrected chi connectivity index (χ4v) is 1.74. The van der Waals surface area contributed by atoms with Gasteiger partial charge in [0.15, 0.2) is 12.4 Å². The highest BCUT2D eigenvalue weighted by atomic mass is 16.7. The number of non-ortho nitro benzene ring substituents is 2. The number of nitro groups is 2. The van der Waals surface area contributed by atoms with E-state index in [9.17, 15) is 29.8 Å².